The van der Waals surface area contributed by atoms with Crippen molar-refractivity contribution in [1.29, 1.82) is 0 Å². The Bertz CT molecular complexity index is 1110. The lowest BCUT2D eigenvalue weighted by Gasteiger charge is -2.31. The molecule has 1 aromatic heterocycles. The molecule has 0 N–H and O–H groups in total. The number of amides is 1. The van der Waals surface area contributed by atoms with Gasteiger partial charge in [-0.2, -0.15) is 0 Å². The molecule has 0 aliphatic rings. The van der Waals surface area contributed by atoms with Crippen molar-refractivity contribution in [3.63, 3.8) is 0 Å². The highest BCUT2D eigenvalue weighted by Gasteiger charge is 2.28. The molecule has 30 heavy (non-hydrogen) atoms. The van der Waals surface area contributed by atoms with Crippen molar-refractivity contribution in [1.82, 2.24) is 14.5 Å². The van der Waals surface area contributed by atoms with Crippen LogP contribution in [0.2, 0.25) is 0 Å². The van der Waals surface area contributed by atoms with Gasteiger partial charge in [-0.1, -0.05) is 55.8 Å². The summed E-state index contributed by atoms with van der Waals surface area (Å²) in [6, 6.07) is 14.6. The summed E-state index contributed by atoms with van der Waals surface area (Å²) in [4.78, 5) is 33.1. The van der Waals surface area contributed by atoms with Crippen LogP contribution in [0.1, 0.15) is 52.4 Å². The number of benzene rings is 2. The van der Waals surface area contributed by atoms with Crippen molar-refractivity contribution in [3.05, 3.63) is 69.2 Å². The zero-order chi connectivity index (χ0) is 22.1. The van der Waals surface area contributed by atoms with Gasteiger partial charge in [0.25, 0.3) is 5.56 Å². The molecule has 1 amide bonds. The normalized spacial score (nSPS) is 12.7. The highest BCUT2D eigenvalue weighted by Crippen LogP contribution is 2.28. The van der Waals surface area contributed by atoms with Gasteiger partial charge < -0.3 is 4.90 Å². The van der Waals surface area contributed by atoms with E-state index < -0.39 is 0 Å². The number of carbonyl (C=O) groups excluding carboxylic acids is 1. The van der Waals surface area contributed by atoms with Crippen LogP contribution in [0.4, 0.5) is 0 Å². The van der Waals surface area contributed by atoms with Gasteiger partial charge in [0, 0.05) is 17.9 Å². The zero-order valence-corrected chi connectivity index (χ0v) is 19.7. The van der Waals surface area contributed by atoms with Crippen LogP contribution in [0.5, 0.6) is 0 Å². The molecule has 0 spiro atoms. The Morgan fingerprint density at radius 2 is 1.77 bits per heavy atom. The summed E-state index contributed by atoms with van der Waals surface area (Å²) in [5, 5.41) is 0.558. The van der Waals surface area contributed by atoms with E-state index in [4.69, 9.17) is 4.98 Å². The topological polar surface area (TPSA) is 55.2 Å². The predicted molar refractivity (Wildman–Crippen MR) is 125 cm³/mol. The number of aromatic nitrogens is 2. The van der Waals surface area contributed by atoms with Gasteiger partial charge in [-0.3, -0.25) is 14.2 Å². The van der Waals surface area contributed by atoms with Crippen molar-refractivity contribution >= 4 is 32.7 Å². The van der Waals surface area contributed by atoms with Crippen molar-refractivity contribution < 1.29 is 4.79 Å². The molecule has 1 heterocycles. The van der Waals surface area contributed by atoms with E-state index in [0.29, 0.717) is 29.6 Å². The molecule has 0 aliphatic heterocycles. The van der Waals surface area contributed by atoms with E-state index in [0.717, 1.165) is 10.2 Å². The Labute approximate surface area is 185 Å². The molecule has 158 valence electrons. The first-order valence-corrected chi connectivity index (χ1v) is 10.9. The first-order valence-electron chi connectivity index (χ1n) is 10.2. The van der Waals surface area contributed by atoms with E-state index in [9.17, 15) is 9.59 Å². The first-order chi connectivity index (χ1) is 14.1. The second kappa shape index (κ2) is 8.72. The summed E-state index contributed by atoms with van der Waals surface area (Å²) in [5.41, 5.74) is 1.12. The van der Waals surface area contributed by atoms with Gasteiger partial charge in [0.05, 0.1) is 22.6 Å². The van der Waals surface area contributed by atoms with E-state index in [-0.39, 0.29) is 22.9 Å². The summed E-state index contributed by atoms with van der Waals surface area (Å²) in [6.45, 7) is 8.15. The minimum atomic E-state index is -0.319. The van der Waals surface area contributed by atoms with Gasteiger partial charge in [-0.25, -0.2) is 4.98 Å². The molecule has 5 nitrogen and oxygen atoms in total. The molecule has 3 aromatic rings. The molecule has 0 bridgehead atoms. The molecular formula is C24H28BrN3O2. The fourth-order valence-corrected chi connectivity index (χ4v) is 3.86. The molecule has 3 rings (SSSR count). The third-order valence-electron chi connectivity index (χ3n) is 5.11. The van der Waals surface area contributed by atoms with Crippen LogP contribution in [0.15, 0.2) is 57.8 Å². The first kappa shape index (κ1) is 22.2. The third-order valence-corrected chi connectivity index (χ3v) is 5.64. The smallest absolute Gasteiger partial charge is 0.266 e. The molecule has 1 unspecified atom stereocenters. The van der Waals surface area contributed by atoms with Crippen LogP contribution in [0.3, 0.4) is 0 Å². The van der Waals surface area contributed by atoms with E-state index in [2.05, 4.69) is 15.9 Å². The monoisotopic (exact) mass is 469 g/mol. The fourth-order valence-electron chi connectivity index (χ4n) is 3.59. The molecule has 0 saturated heterocycles. The maximum atomic E-state index is 13.5. The van der Waals surface area contributed by atoms with Crippen molar-refractivity contribution in [2.45, 2.75) is 46.6 Å². The average molecular weight is 470 g/mol. The van der Waals surface area contributed by atoms with E-state index in [1.807, 2.05) is 70.2 Å². The summed E-state index contributed by atoms with van der Waals surface area (Å²) in [7, 11) is 1.80. The zero-order valence-electron chi connectivity index (χ0n) is 18.1. The molecule has 1 atom stereocenters. The van der Waals surface area contributed by atoms with Gasteiger partial charge in [0.1, 0.15) is 5.82 Å². The van der Waals surface area contributed by atoms with E-state index in [1.54, 1.807) is 22.6 Å². The minimum absolute atomic E-state index is 0.0408. The lowest BCUT2D eigenvalue weighted by Crippen LogP contribution is -2.37. The predicted octanol–water partition coefficient (Wildman–Crippen LogP) is 5.49. The minimum Gasteiger partial charge on any atom is -0.336 e. The summed E-state index contributed by atoms with van der Waals surface area (Å²) in [5.74, 6) is 0.618. The molecule has 2 aromatic carbocycles. The van der Waals surface area contributed by atoms with E-state index in [1.165, 1.54) is 0 Å². The molecule has 0 radical (unpaired) electrons. The maximum absolute atomic E-state index is 13.5. The Kier molecular flexibility index (Phi) is 6.46. The molecule has 0 saturated carbocycles. The van der Waals surface area contributed by atoms with Gasteiger partial charge in [0.15, 0.2) is 0 Å². The number of hydrogen-bond donors (Lipinski definition) is 0. The lowest BCUT2D eigenvalue weighted by atomic mass is 9.91. The fraction of sp³-hybridized carbons (Fsp3) is 0.375. The molecule has 0 aliphatic carbocycles. The number of para-hydroxylation sites is 1. The SMILES string of the molecule is CCC(c1nc2ccccc2c(=O)n1-c1ccc(Br)cc1)N(C)C(=O)CC(C)(C)C. The quantitative estimate of drug-likeness (QED) is 0.495. The van der Waals surface area contributed by atoms with E-state index >= 15 is 0 Å². The standard InChI is InChI=1S/C24H28BrN3O2/c1-6-20(27(5)21(29)15-24(2,3)4)22-26-19-10-8-7-9-18(19)23(30)28(22)17-13-11-16(25)12-14-17/h7-14,20H,6,15H2,1-5H3. The lowest BCUT2D eigenvalue weighted by molar-refractivity contribution is -0.134. The Balaban J connectivity index is 2.22. The van der Waals surface area contributed by atoms with Crippen LogP contribution >= 0.6 is 15.9 Å². The molecule has 0 fully saturated rings. The highest BCUT2D eigenvalue weighted by molar-refractivity contribution is 9.10. The van der Waals surface area contributed by atoms with Gasteiger partial charge in [-0.05, 0) is 48.2 Å². The molecule has 6 heteroatoms. The van der Waals surface area contributed by atoms with Crippen molar-refractivity contribution in [2.75, 3.05) is 7.05 Å². The second-order valence-corrected chi connectivity index (χ2v) is 9.69. The molecular weight excluding hydrogens is 442 g/mol. The summed E-state index contributed by atoms with van der Waals surface area (Å²) < 4.78 is 2.57. The van der Waals surface area contributed by atoms with Crippen LogP contribution in [-0.2, 0) is 4.79 Å². The van der Waals surface area contributed by atoms with Crippen LogP contribution in [-0.4, -0.2) is 27.4 Å². The Morgan fingerprint density at radius 3 is 2.37 bits per heavy atom. The Hall–Kier alpha value is -2.47. The number of carbonyl (C=O) groups is 1. The van der Waals surface area contributed by atoms with Gasteiger partial charge in [0.2, 0.25) is 5.91 Å². The third kappa shape index (κ3) is 4.64. The number of fused-ring (bicyclic) bond motifs is 1. The number of nitrogens with zero attached hydrogens (tertiary/aromatic N) is 3. The van der Waals surface area contributed by atoms with Crippen LogP contribution < -0.4 is 5.56 Å². The van der Waals surface area contributed by atoms with Crippen molar-refractivity contribution in [2.24, 2.45) is 5.41 Å². The van der Waals surface area contributed by atoms with Crippen LogP contribution in [0, 0.1) is 5.41 Å². The number of hydrogen-bond acceptors (Lipinski definition) is 3. The van der Waals surface area contributed by atoms with Gasteiger partial charge in [-0.15, -0.1) is 0 Å². The van der Waals surface area contributed by atoms with Gasteiger partial charge >= 0.3 is 0 Å². The number of rotatable bonds is 5. The van der Waals surface area contributed by atoms with Crippen LogP contribution in [0.25, 0.3) is 16.6 Å². The van der Waals surface area contributed by atoms with Crippen molar-refractivity contribution in [3.8, 4) is 5.69 Å². The highest BCUT2D eigenvalue weighted by atomic mass is 79.9. The largest absolute Gasteiger partial charge is 0.336 e. The second-order valence-electron chi connectivity index (χ2n) is 8.77. The summed E-state index contributed by atoms with van der Waals surface area (Å²) >= 11 is 3.45. The Morgan fingerprint density at radius 1 is 1.13 bits per heavy atom. The average Bonchev–Trinajstić information content (AvgIpc) is 2.68. The summed E-state index contributed by atoms with van der Waals surface area (Å²) in [6.07, 6.45) is 1.07. The number of halogens is 1. The maximum Gasteiger partial charge on any atom is 0.266 e.